The van der Waals surface area contributed by atoms with Crippen LogP contribution in [-0.2, 0) is 0 Å². The van der Waals surface area contributed by atoms with Gasteiger partial charge in [0.15, 0.2) is 22.4 Å². The number of pyridine rings is 1. The Morgan fingerprint density at radius 1 is 0.390 bits per heavy atom. The Balaban J connectivity index is 1.03. The first-order valence-corrected chi connectivity index (χ1v) is 20.0. The maximum atomic E-state index is 7.18. The lowest BCUT2D eigenvalue weighted by Crippen LogP contribution is -1.94. The van der Waals surface area contributed by atoms with Crippen LogP contribution in [0.2, 0.25) is 0 Å². The van der Waals surface area contributed by atoms with Gasteiger partial charge in [0.25, 0.3) is 0 Å². The zero-order chi connectivity index (χ0) is 38.3. The van der Waals surface area contributed by atoms with Crippen LogP contribution in [0.15, 0.2) is 191 Å². The van der Waals surface area contributed by atoms with E-state index in [2.05, 4.69) is 177 Å². The van der Waals surface area contributed by atoms with Gasteiger partial charge in [-0.2, -0.15) is 0 Å². The van der Waals surface area contributed by atoms with E-state index in [0.29, 0.717) is 0 Å². The summed E-state index contributed by atoms with van der Waals surface area (Å²) in [5.74, 6) is 0. The van der Waals surface area contributed by atoms with E-state index in [9.17, 15) is 0 Å². The lowest BCUT2D eigenvalue weighted by molar-refractivity contribution is 0.661. The molecule has 0 aliphatic carbocycles. The maximum Gasteiger partial charge on any atom is 0.182 e. The molecule has 0 saturated carbocycles. The first kappa shape index (κ1) is 31.0. The zero-order valence-electron chi connectivity index (χ0n) is 31.4. The topological polar surface area (TPSA) is 53.4 Å². The van der Waals surface area contributed by atoms with Gasteiger partial charge >= 0.3 is 0 Å². The fourth-order valence-corrected chi connectivity index (χ4v) is 9.91. The number of nitrogens with zero attached hydrogens (tertiary/aromatic N) is 4. The van der Waals surface area contributed by atoms with Gasteiger partial charge in [-0.25, -0.2) is 4.98 Å². The molecule has 0 amide bonds. The second kappa shape index (κ2) is 11.3. The van der Waals surface area contributed by atoms with Crippen LogP contribution in [0.5, 0.6) is 0 Å². The summed E-state index contributed by atoms with van der Waals surface area (Å²) in [5.41, 5.74) is 15.9. The molecule has 6 nitrogen and oxygen atoms in total. The summed E-state index contributed by atoms with van der Waals surface area (Å²) in [4.78, 5) is 5.13. The summed E-state index contributed by atoms with van der Waals surface area (Å²) in [6, 6.07) is 64.7. The third-order valence-electron chi connectivity index (χ3n) is 12.4. The number of benzene rings is 8. The maximum absolute atomic E-state index is 7.18. The van der Waals surface area contributed by atoms with Crippen LogP contribution in [0.1, 0.15) is 0 Å². The number of fused-ring (bicyclic) bond motifs is 18. The Labute approximate surface area is 335 Å². The molecule has 6 heterocycles. The molecule has 59 heavy (non-hydrogen) atoms. The van der Waals surface area contributed by atoms with Crippen molar-refractivity contribution in [2.45, 2.75) is 0 Å². The van der Waals surface area contributed by atoms with E-state index in [-0.39, 0.29) is 0 Å². The molecule has 14 rings (SSSR count). The van der Waals surface area contributed by atoms with E-state index < -0.39 is 0 Å². The number of hydrogen-bond acceptors (Lipinski definition) is 3. The standard InChI is InChI=1S/C53H30N4O2/c1-2-13-33(14-3-1)55-41-20-8-4-15-34(41)38-29-31(25-27-43(38)55)32-26-28-44-39(30-32)35-16-5-9-21-42(35)56(44)46-23-12-18-37-49-51(59-50(37)46)48-36-17-6-11-24-47(36)58-52(48)53-54-40-19-7-10-22-45(40)57(49)53/h1-30H. The molecule has 0 fully saturated rings. The molecule has 8 aromatic carbocycles. The van der Waals surface area contributed by atoms with Gasteiger partial charge in [-0.3, -0.25) is 4.40 Å². The third kappa shape index (κ3) is 4.06. The highest BCUT2D eigenvalue weighted by molar-refractivity contribution is 6.25. The van der Waals surface area contributed by atoms with Crippen molar-refractivity contribution in [3.8, 4) is 22.5 Å². The SMILES string of the molecule is c1ccc(-n2c3ccccc3c3cc(-c4ccc5c(c4)c4ccccc4n5-c4cccc5c4oc4c6c7ccccc7oc6c6nc7ccccc7n6c54)ccc32)cc1. The molecule has 6 heteroatoms. The van der Waals surface area contributed by atoms with E-state index in [1.54, 1.807) is 0 Å². The Morgan fingerprint density at radius 2 is 0.983 bits per heavy atom. The van der Waals surface area contributed by atoms with Crippen molar-refractivity contribution in [3.05, 3.63) is 182 Å². The van der Waals surface area contributed by atoms with E-state index in [0.717, 1.165) is 83.1 Å². The largest absolute Gasteiger partial charge is 0.452 e. The van der Waals surface area contributed by atoms with Crippen LogP contribution in [0, 0.1) is 0 Å². The number of imidazole rings is 1. The summed E-state index contributed by atoms with van der Waals surface area (Å²) < 4.78 is 20.7. The van der Waals surface area contributed by atoms with Crippen molar-refractivity contribution in [1.29, 1.82) is 0 Å². The number of rotatable bonds is 3. The highest BCUT2D eigenvalue weighted by Crippen LogP contribution is 2.45. The van der Waals surface area contributed by atoms with Gasteiger partial charge in [-0.1, -0.05) is 103 Å². The number of hydrogen-bond donors (Lipinski definition) is 0. The zero-order valence-corrected chi connectivity index (χ0v) is 31.4. The molecule has 0 spiro atoms. The van der Waals surface area contributed by atoms with Gasteiger partial charge in [0, 0.05) is 38.0 Å². The van der Waals surface area contributed by atoms with Gasteiger partial charge in [0.1, 0.15) is 11.1 Å². The second-order valence-electron chi connectivity index (χ2n) is 15.5. The van der Waals surface area contributed by atoms with Crippen LogP contribution in [0.3, 0.4) is 0 Å². The smallest absolute Gasteiger partial charge is 0.182 e. The van der Waals surface area contributed by atoms with E-state index in [4.69, 9.17) is 13.8 Å². The van der Waals surface area contributed by atoms with Crippen molar-refractivity contribution in [2.75, 3.05) is 0 Å². The molecular weight excluding hydrogens is 725 g/mol. The highest BCUT2D eigenvalue weighted by atomic mass is 16.3. The van der Waals surface area contributed by atoms with Gasteiger partial charge in [0.05, 0.1) is 44.2 Å². The van der Waals surface area contributed by atoms with Crippen LogP contribution < -0.4 is 0 Å². The van der Waals surface area contributed by atoms with E-state index >= 15 is 0 Å². The molecule has 274 valence electrons. The third-order valence-corrected chi connectivity index (χ3v) is 12.4. The second-order valence-corrected chi connectivity index (χ2v) is 15.5. The van der Waals surface area contributed by atoms with Crippen molar-refractivity contribution >= 4 is 104 Å². The van der Waals surface area contributed by atoms with Crippen molar-refractivity contribution < 1.29 is 8.83 Å². The van der Waals surface area contributed by atoms with Crippen LogP contribution >= 0.6 is 0 Å². The summed E-state index contributed by atoms with van der Waals surface area (Å²) in [6.07, 6.45) is 0. The summed E-state index contributed by atoms with van der Waals surface area (Å²) in [5, 5.41) is 7.82. The molecule has 6 aromatic heterocycles. The average molecular weight is 755 g/mol. The predicted octanol–water partition coefficient (Wildman–Crippen LogP) is 14.1. The van der Waals surface area contributed by atoms with Crippen molar-refractivity contribution in [2.24, 2.45) is 0 Å². The van der Waals surface area contributed by atoms with E-state index in [1.807, 2.05) is 18.2 Å². The van der Waals surface area contributed by atoms with Gasteiger partial charge in [-0.05, 0) is 90.0 Å². The van der Waals surface area contributed by atoms with Crippen molar-refractivity contribution in [1.82, 2.24) is 18.5 Å². The molecule has 14 aromatic rings. The van der Waals surface area contributed by atoms with Crippen LogP contribution in [0.25, 0.3) is 127 Å². The van der Waals surface area contributed by atoms with Gasteiger partial charge in [-0.15, -0.1) is 0 Å². The Hall–Kier alpha value is -8.09. The number of furan rings is 2. The fraction of sp³-hybridized carbons (Fsp3) is 0. The Morgan fingerprint density at radius 3 is 1.75 bits per heavy atom. The summed E-state index contributed by atoms with van der Waals surface area (Å²) in [6.45, 7) is 0. The molecular formula is C53H30N4O2. The van der Waals surface area contributed by atoms with Crippen molar-refractivity contribution in [3.63, 3.8) is 0 Å². The first-order valence-electron chi connectivity index (χ1n) is 20.0. The van der Waals surface area contributed by atoms with Gasteiger partial charge in [0.2, 0.25) is 0 Å². The molecule has 0 aliphatic heterocycles. The average Bonchev–Trinajstić information content (AvgIpc) is 4.11. The predicted molar refractivity (Wildman–Crippen MR) is 241 cm³/mol. The monoisotopic (exact) mass is 754 g/mol. The first-order chi connectivity index (χ1) is 29.3. The number of para-hydroxylation sites is 7. The molecule has 0 unspecified atom stereocenters. The van der Waals surface area contributed by atoms with Crippen LogP contribution in [-0.4, -0.2) is 18.5 Å². The van der Waals surface area contributed by atoms with E-state index in [1.165, 1.54) is 43.7 Å². The van der Waals surface area contributed by atoms with Gasteiger partial charge < -0.3 is 18.0 Å². The molecule has 0 bridgehead atoms. The fourth-order valence-electron chi connectivity index (χ4n) is 9.91. The summed E-state index contributed by atoms with van der Waals surface area (Å²) in [7, 11) is 0. The molecule has 0 N–H and O–H groups in total. The summed E-state index contributed by atoms with van der Waals surface area (Å²) >= 11 is 0. The molecule has 0 aliphatic rings. The minimum atomic E-state index is 0.725. The lowest BCUT2D eigenvalue weighted by Gasteiger charge is -2.10. The molecule has 0 atom stereocenters. The Bertz CT molecular complexity index is 4080. The highest BCUT2D eigenvalue weighted by Gasteiger charge is 2.26. The normalized spacial score (nSPS) is 12.4. The molecule has 0 radical (unpaired) electrons. The van der Waals surface area contributed by atoms with Crippen LogP contribution in [0.4, 0.5) is 0 Å². The lowest BCUT2D eigenvalue weighted by atomic mass is 10.0. The molecule has 0 saturated heterocycles. The minimum Gasteiger partial charge on any atom is -0.452 e. The number of aromatic nitrogens is 4. The minimum absolute atomic E-state index is 0.725. The quantitative estimate of drug-likeness (QED) is 0.180. The Kier molecular flexibility index (Phi) is 5.93.